The highest BCUT2D eigenvalue weighted by Gasteiger charge is 2.16. The third kappa shape index (κ3) is 2.48. The third-order valence-electron chi connectivity index (χ3n) is 3.94. The van der Waals surface area contributed by atoms with Gasteiger partial charge in [0.2, 0.25) is 0 Å². The van der Waals surface area contributed by atoms with Crippen LogP contribution in [0.4, 0.5) is 0 Å². The first-order valence-corrected chi connectivity index (χ1v) is 7.31. The molecule has 2 aromatic heterocycles. The van der Waals surface area contributed by atoms with E-state index < -0.39 is 0 Å². The van der Waals surface area contributed by atoms with Gasteiger partial charge < -0.3 is 9.30 Å². The fourth-order valence-electron chi connectivity index (χ4n) is 2.64. The first-order chi connectivity index (χ1) is 10.7. The SMILES string of the molecule is C=CCn1c(C)c(C)c2cnnc(OCc3ccccc3)c21. The third-order valence-corrected chi connectivity index (χ3v) is 3.94. The van der Waals surface area contributed by atoms with Gasteiger partial charge in [-0.3, -0.25) is 0 Å². The van der Waals surface area contributed by atoms with Crippen LogP contribution in [0, 0.1) is 13.8 Å². The van der Waals surface area contributed by atoms with Crippen LogP contribution in [-0.4, -0.2) is 14.8 Å². The number of fused-ring (bicyclic) bond motifs is 1. The van der Waals surface area contributed by atoms with Crippen LogP contribution in [0.1, 0.15) is 16.8 Å². The van der Waals surface area contributed by atoms with Gasteiger partial charge in [-0.2, -0.15) is 5.10 Å². The number of ether oxygens (including phenoxy) is 1. The Balaban J connectivity index is 2.02. The van der Waals surface area contributed by atoms with Crippen molar-refractivity contribution >= 4 is 10.9 Å². The van der Waals surface area contributed by atoms with Crippen LogP contribution in [0.15, 0.2) is 49.2 Å². The number of benzene rings is 1. The Hall–Kier alpha value is -2.62. The maximum Gasteiger partial charge on any atom is 0.258 e. The Bertz CT molecular complexity index is 806. The fourth-order valence-corrected chi connectivity index (χ4v) is 2.64. The second kappa shape index (κ2) is 6.02. The Kier molecular flexibility index (Phi) is 3.92. The van der Waals surface area contributed by atoms with Crippen LogP contribution in [0.5, 0.6) is 5.88 Å². The number of aryl methyl sites for hydroxylation is 1. The molecule has 112 valence electrons. The summed E-state index contributed by atoms with van der Waals surface area (Å²) >= 11 is 0. The van der Waals surface area contributed by atoms with Gasteiger partial charge in [0.15, 0.2) is 0 Å². The Labute approximate surface area is 130 Å². The van der Waals surface area contributed by atoms with Crippen molar-refractivity contribution in [1.29, 1.82) is 0 Å². The van der Waals surface area contributed by atoms with E-state index in [2.05, 4.69) is 35.2 Å². The summed E-state index contributed by atoms with van der Waals surface area (Å²) in [4.78, 5) is 0. The fraction of sp³-hybridized carbons (Fsp3) is 0.222. The van der Waals surface area contributed by atoms with E-state index in [9.17, 15) is 0 Å². The molecule has 0 aliphatic carbocycles. The van der Waals surface area contributed by atoms with E-state index in [4.69, 9.17) is 4.74 Å². The number of aromatic nitrogens is 3. The van der Waals surface area contributed by atoms with E-state index in [1.54, 1.807) is 6.20 Å². The molecule has 0 amide bonds. The maximum atomic E-state index is 5.93. The van der Waals surface area contributed by atoms with Gasteiger partial charge >= 0.3 is 0 Å². The molecule has 4 heteroatoms. The predicted octanol–water partition coefficient (Wildman–Crippen LogP) is 3.81. The zero-order valence-corrected chi connectivity index (χ0v) is 12.9. The minimum absolute atomic E-state index is 0.478. The smallest absolute Gasteiger partial charge is 0.258 e. The molecule has 0 bridgehead atoms. The Morgan fingerprint density at radius 2 is 2.00 bits per heavy atom. The molecule has 4 nitrogen and oxygen atoms in total. The largest absolute Gasteiger partial charge is 0.470 e. The number of hydrogen-bond acceptors (Lipinski definition) is 3. The molecule has 0 saturated carbocycles. The summed E-state index contributed by atoms with van der Waals surface area (Å²) in [6, 6.07) is 10.1. The lowest BCUT2D eigenvalue weighted by Crippen LogP contribution is -2.03. The molecule has 0 fully saturated rings. The molecule has 0 N–H and O–H groups in total. The Morgan fingerprint density at radius 1 is 1.23 bits per heavy atom. The van der Waals surface area contributed by atoms with Crippen molar-refractivity contribution in [3.8, 4) is 5.88 Å². The van der Waals surface area contributed by atoms with Gasteiger partial charge in [0.05, 0.1) is 6.20 Å². The summed E-state index contributed by atoms with van der Waals surface area (Å²) in [5.74, 6) is 0.569. The van der Waals surface area contributed by atoms with Gasteiger partial charge in [0.25, 0.3) is 5.88 Å². The van der Waals surface area contributed by atoms with Gasteiger partial charge in [-0.25, -0.2) is 0 Å². The number of hydrogen-bond donors (Lipinski definition) is 0. The molecule has 0 radical (unpaired) electrons. The zero-order valence-electron chi connectivity index (χ0n) is 12.9. The minimum Gasteiger partial charge on any atom is -0.470 e. The van der Waals surface area contributed by atoms with Crippen LogP contribution in [0.3, 0.4) is 0 Å². The van der Waals surface area contributed by atoms with Crippen molar-refractivity contribution in [2.45, 2.75) is 27.0 Å². The summed E-state index contributed by atoms with van der Waals surface area (Å²) in [6.45, 7) is 9.24. The molecular weight excluding hydrogens is 274 g/mol. The van der Waals surface area contributed by atoms with E-state index in [-0.39, 0.29) is 0 Å². The van der Waals surface area contributed by atoms with Gasteiger partial charge in [-0.05, 0) is 25.0 Å². The van der Waals surface area contributed by atoms with Crippen LogP contribution in [0.25, 0.3) is 10.9 Å². The molecule has 22 heavy (non-hydrogen) atoms. The topological polar surface area (TPSA) is 39.9 Å². The Morgan fingerprint density at radius 3 is 2.73 bits per heavy atom. The van der Waals surface area contributed by atoms with Gasteiger partial charge in [0.1, 0.15) is 12.1 Å². The normalized spacial score (nSPS) is 10.8. The minimum atomic E-state index is 0.478. The van der Waals surface area contributed by atoms with Crippen molar-refractivity contribution < 1.29 is 4.74 Å². The zero-order chi connectivity index (χ0) is 15.5. The molecule has 3 rings (SSSR count). The van der Waals surface area contributed by atoms with E-state index in [0.29, 0.717) is 12.5 Å². The molecule has 0 saturated heterocycles. The summed E-state index contributed by atoms with van der Waals surface area (Å²) < 4.78 is 8.11. The lowest BCUT2D eigenvalue weighted by Gasteiger charge is -2.09. The highest BCUT2D eigenvalue weighted by Crippen LogP contribution is 2.30. The van der Waals surface area contributed by atoms with E-state index in [1.165, 1.54) is 11.3 Å². The summed E-state index contributed by atoms with van der Waals surface area (Å²) in [5.41, 5.74) is 4.49. The lowest BCUT2D eigenvalue weighted by molar-refractivity contribution is 0.293. The standard InChI is InChI=1S/C18H19N3O/c1-4-10-21-14(3)13(2)16-11-19-20-18(17(16)21)22-12-15-8-6-5-7-9-15/h4-9,11H,1,10,12H2,2-3H3. The molecule has 0 aliphatic heterocycles. The molecule has 0 aliphatic rings. The molecule has 0 unspecified atom stereocenters. The lowest BCUT2D eigenvalue weighted by atomic mass is 10.2. The van der Waals surface area contributed by atoms with Crippen molar-refractivity contribution in [1.82, 2.24) is 14.8 Å². The molecule has 0 atom stereocenters. The summed E-state index contributed by atoms with van der Waals surface area (Å²) in [6.07, 6.45) is 3.68. The van der Waals surface area contributed by atoms with Crippen LogP contribution >= 0.6 is 0 Å². The number of allylic oxidation sites excluding steroid dienone is 1. The van der Waals surface area contributed by atoms with Gasteiger partial charge in [-0.1, -0.05) is 36.4 Å². The van der Waals surface area contributed by atoms with Crippen LogP contribution < -0.4 is 4.74 Å². The van der Waals surface area contributed by atoms with Crippen molar-refractivity contribution in [3.05, 3.63) is 66.0 Å². The van der Waals surface area contributed by atoms with Gasteiger partial charge in [-0.15, -0.1) is 11.7 Å². The maximum absolute atomic E-state index is 5.93. The van der Waals surface area contributed by atoms with Crippen molar-refractivity contribution in [2.24, 2.45) is 0 Å². The van der Waals surface area contributed by atoms with E-state index in [0.717, 1.165) is 23.0 Å². The van der Waals surface area contributed by atoms with Gasteiger partial charge in [0, 0.05) is 17.6 Å². The van der Waals surface area contributed by atoms with Crippen LogP contribution in [0.2, 0.25) is 0 Å². The molecule has 3 aromatic rings. The van der Waals surface area contributed by atoms with E-state index in [1.807, 2.05) is 36.4 Å². The van der Waals surface area contributed by atoms with E-state index >= 15 is 0 Å². The second-order valence-corrected chi connectivity index (χ2v) is 5.30. The highest BCUT2D eigenvalue weighted by atomic mass is 16.5. The molecule has 0 spiro atoms. The highest BCUT2D eigenvalue weighted by molar-refractivity contribution is 5.88. The molecular formula is C18H19N3O. The first kappa shape index (κ1) is 14.3. The first-order valence-electron chi connectivity index (χ1n) is 7.31. The monoisotopic (exact) mass is 293 g/mol. The average molecular weight is 293 g/mol. The average Bonchev–Trinajstić information content (AvgIpc) is 2.80. The quantitative estimate of drug-likeness (QED) is 0.671. The number of rotatable bonds is 5. The molecule has 2 heterocycles. The predicted molar refractivity (Wildman–Crippen MR) is 88.0 cm³/mol. The van der Waals surface area contributed by atoms with Crippen molar-refractivity contribution in [2.75, 3.05) is 0 Å². The summed E-state index contributed by atoms with van der Waals surface area (Å²) in [7, 11) is 0. The second-order valence-electron chi connectivity index (χ2n) is 5.30. The summed E-state index contributed by atoms with van der Waals surface area (Å²) in [5, 5.41) is 9.36. The van der Waals surface area contributed by atoms with Crippen LogP contribution in [-0.2, 0) is 13.2 Å². The van der Waals surface area contributed by atoms with Crippen molar-refractivity contribution in [3.63, 3.8) is 0 Å². The molecule has 1 aromatic carbocycles. The number of nitrogens with zero attached hydrogens (tertiary/aromatic N) is 3.